The van der Waals surface area contributed by atoms with Gasteiger partial charge in [-0.2, -0.15) is 0 Å². The van der Waals surface area contributed by atoms with Crippen LogP contribution >= 0.6 is 31.9 Å². The van der Waals surface area contributed by atoms with Gasteiger partial charge in [0.2, 0.25) is 5.75 Å². The Balaban J connectivity index is 2.54. The van der Waals surface area contributed by atoms with Crippen LogP contribution in [0.3, 0.4) is 0 Å². The van der Waals surface area contributed by atoms with Crippen LogP contribution in [-0.4, -0.2) is 21.3 Å². The number of rotatable bonds is 5. The first kappa shape index (κ1) is 15.3. The molecule has 1 aromatic heterocycles. The molecule has 0 bridgehead atoms. The molecule has 1 atom stereocenters. The van der Waals surface area contributed by atoms with Crippen molar-refractivity contribution >= 4 is 31.9 Å². The van der Waals surface area contributed by atoms with Crippen LogP contribution in [0, 0.1) is 0 Å². The Hall–Kier alpha value is -1.14. The number of hydrogen-bond acceptors (Lipinski definition) is 4. The summed E-state index contributed by atoms with van der Waals surface area (Å²) >= 11 is 7.04. The lowest BCUT2D eigenvalue weighted by Crippen LogP contribution is -2.01. The van der Waals surface area contributed by atoms with Crippen molar-refractivity contribution in [1.29, 1.82) is 0 Å². The smallest absolute Gasteiger partial charge is 0.203 e. The molecule has 0 aliphatic rings. The zero-order valence-corrected chi connectivity index (χ0v) is 14.4. The number of halogens is 2. The van der Waals surface area contributed by atoms with E-state index in [1.807, 2.05) is 18.2 Å². The second-order valence-electron chi connectivity index (χ2n) is 3.94. The highest BCUT2D eigenvalue weighted by atomic mass is 79.9. The first-order chi connectivity index (χ1) is 9.63. The Morgan fingerprint density at radius 1 is 0.950 bits per heavy atom. The van der Waals surface area contributed by atoms with Gasteiger partial charge in [0.05, 0.1) is 32.4 Å². The summed E-state index contributed by atoms with van der Waals surface area (Å²) in [5.74, 6) is 1.82. The summed E-state index contributed by atoms with van der Waals surface area (Å²) in [7, 11) is 4.78. The van der Waals surface area contributed by atoms with Gasteiger partial charge < -0.3 is 18.6 Å². The van der Waals surface area contributed by atoms with Crippen LogP contribution in [0.5, 0.6) is 17.2 Å². The molecule has 0 saturated carbocycles. The van der Waals surface area contributed by atoms with Crippen molar-refractivity contribution in [2.24, 2.45) is 0 Å². The van der Waals surface area contributed by atoms with Crippen molar-refractivity contribution in [1.82, 2.24) is 0 Å². The van der Waals surface area contributed by atoms with Crippen LogP contribution in [0.15, 0.2) is 33.5 Å². The van der Waals surface area contributed by atoms with Gasteiger partial charge in [-0.05, 0) is 34.1 Å². The predicted octanol–water partition coefficient (Wildman–Crippen LogP) is 4.55. The van der Waals surface area contributed by atoms with Gasteiger partial charge in [0.15, 0.2) is 16.2 Å². The average molecular weight is 406 g/mol. The Bertz CT molecular complexity index is 595. The van der Waals surface area contributed by atoms with Crippen LogP contribution in [0.2, 0.25) is 0 Å². The molecule has 0 aliphatic heterocycles. The predicted molar refractivity (Wildman–Crippen MR) is 83.3 cm³/mol. The largest absolute Gasteiger partial charge is 0.493 e. The minimum atomic E-state index is -0.0922. The molecule has 0 N–H and O–H groups in total. The van der Waals surface area contributed by atoms with E-state index in [0.717, 1.165) is 11.1 Å². The first-order valence-electron chi connectivity index (χ1n) is 5.79. The lowest BCUT2D eigenvalue weighted by molar-refractivity contribution is 0.322. The summed E-state index contributed by atoms with van der Waals surface area (Å²) in [6.45, 7) is 0. The van der Waals surface area contributed by atoms with Crippen LogP contribution < -0.4 is 14.2 Å². The van der Waals surface area contributed by atoms with Gasteiger partial charge in [-0.15, -0.1) is 0 Å². The van der Waals surface area contributed by atoms with Gasteiger partial charge in [0, 0.05) is 11.1 Å². The molecule has 6 heteroatoms. The molecule has 0 saturated heterocycles. The Morgan fingerprint density at radius 3 is 2.15 bits per heavy atom. The summed E-state index contributed by atoms with van der Waals surface area (Å²) in [6, 6.07) is 5.66. The van der Waals surface area contributed by atoms with Crippen LogP contribution in [-0.2, 0) is 0 Å². The number of furan rings is 1. The highest BCUT2D eigenvalue weighted by molar-refractivity contribution is 9.10. The molecule has 0 spiro atoms. The monoisotopic (exact) mass is 404 g/mol. The van der Waals surface area contributed by atoms with E-state index < -0.39 is 0 Å². The van der Waals surface area contributed by atoms with E-state index in [2.05, 4.69) is 31.9 Å². The summed E-state index contributed by atoms with van der Waals surface area (Å²) in [5.41, 5.74) is 1.89. The molecule has 0 radical (unpaired) electrons. The Morgan fingerprint density at radius 2 is 1.65 bits per heavy atom. The van der Waals surface area contributed by atoms with Crippen LogP contribution in [0.4, 0.5) is 0 Å². The lowest BCUT2D eigenvalue weighted by atomic mass is 10.1. The summed E-state index contributed by atoms with van der Waals surface area (Å²) in [6.07, 6.45) is 1.63. The van der Waals surface area contributed by atoms with Crippen molar-refractivity contribution in [3.63, 3.8) is 0 Å². The molecule has 1 aromatic carbocycles. The topological polar surface area (TPSA) is 40.8 Å². The van der Waals surface area contributed by atoms with E-state index in [4.69, 9.17) is 18.6 Å². The van der Waals surface area contributed by atoms with E-state index in [1.54, 1.807) is 27.6 Å². The number of alkyl halides is 1. The van der Waals surface area contributed by atoms with Gasteiger partial charge in [-0.25, -0.2) is 0 Å². The third-order valence-electron chi connectivity index (χ3n) is 2.93. The fourth-order valence-electron chi connectivity index (χ4n) is 1.98. The van der Waals surface area contributed by atoms with Crippen molar-refractivity contribution in [3.05, 3.63) is 40.3 Å². The van der Waals surface area contributed by atoms with Crippen molar-refractivity contribution < 1.29 is 18.6 Å². The molecule has 2 aromatic rings. The zero-order valence-electron chi connectivity index (χ0n) is 11.3. The van der Waals surface area contributed by atoms with Crippen LogP contribution in [0.25, 0.3) is 0 Å². The van der Waals surface area contributed by atoms with Gasteiger partial charge >= 0.3 is 0 Å². The Kier molecular flexibility index (Phi) is 4.99. The van der Waals surface area contributed by atoms with E-state index >= 15 is 0 Å². The molecular formula is C14H14Br2O4. The van der Waals surface area contributed by atoms with E-state index in [1.165, 1.54) is 0 Å². The lowest BCUT2D eigenvalue weighted by Gasteiger charge is -2.18. The molecule has 1 heterocycles. The highest BCUT2D eigenvalue weighted by Crippen LogP contribution is 2.47. The maximum atomic E-state index is 5.49. The summed E-state index contributed by atoms with van der Waals surface area (Å²) in [5, 5.41) is 0. The van der Waals surface area contributed by atoms with Gasteiger partial charge in [0.25, 0.3) is 0 Å². The maximum absolute atomic E-state index is 5.49. The molecule has 2 rings (SSSR count). The molecule has 1 unspecified atom stereocenters. The highest BCUT2D eigenvalue weighted by Gasteiger charge is 2.24. The molecule has 0 amide bonds. The van der Waals surface area contributed by atoms with E-state index in [0.29, 0.717) is 21.9 Å². The van der Waals surface area contributed by atoms with Crippen molar-refractivity contribution in [3.8, 4) is 17.2 Å². The van der Waals surface area contributed by atoms with E-state index in [9.17, 15) is 0 Å². The van der Waals surface area contributed by atoms with Crippen molar-refractivity contribution in [2.75, 3.05) is 21.3 Å². The van der Waals surface area contributed by atoms with Crippen LogP contribution in [0.1, 0.15) is 16.0 Å². The van der Waals surface area contributed by atoms with Gasteiger partial charge in [-0.1, -0.05) is 15.9 Å². The molecular weight excluding hydrogens is 392 g/mol. The number of benzene rings is 1. The molecule has 20 heavy (non-hydrogen) atoms. The van der Waals surface area contributed by atoms with Gasteiger partial charge in [0.1, 0.15) is 0 Å². The number of methoxy groups -OCH3 is 3. The molecule has 0 fully saturated rings. The first-order valence-corrected chi connectivity index (χ1v) is 7.50. The molecule has 4 nitrogen and oxygen atoms in total. The quantitative estimate of drug-likeness (QED) is 0.684. The second-order valence-corrected chi connectivity index (χ2v) is 5.57. The average Bonchev–Trinajstić information content (AvgIpc) is 2.90. The summed E-state index contributed by atoms with van der Waals surface area (Å²) < 4.78 is 22.1. The fourth-order valence-corrected chi connectivity index (χ4v) is 3.47. The second kappa shape index (κ2) is 6.54. The van der Waals surface area contributed by atoms with Crippen molar-refractivity contribution in [2.45, 2.75) is 4.83 Å². The standard InChI is InChI=1S/C14H14Br2O4/c1-17-10-5-4-8(12(18-2)13(10)19-3)11(15)9-6-7-20-14(9)16/h4-7,11H,1-3H3. The van der Waals surface area contributed by atoms with Gasteiger partial charge in [-0.3, -0.25) is 0 Å². The third kappa shape index (κ3) is 2.67. The zero-order chi connectivity index (χ0) is 14.7. The fraction of sp³-hybridized carbons (Fsp3) is 0.286. The maximum Gasteiger partial charge on any atom is 0.203 e. The summed E-state index contributed by atoms with van der Waals surface area (Å²) in [4.78, 5) is -0.0922. The number of hydrogen-bond donors (Lipinski definition) is 0. The van der Waals surface area contributed by atoms with E-state index in [-0.39, 0.29) is 4.83 Å². The number of ether oxygens (including phenoxy) is 3. The third-order valence-corrected chi connectivity index (χ3v) is 4.56. The Labute approximate surface area is 134 Å². The normalized spacial score (nSPS) is 12.1. The SMILES string of the molecule is COc1ccc(C(Br)c2ccoc2Br)c(OC)c1OC. The molecule has 0 aliphatic carbocycles. The minimum absolute atomic E-state index is 0.0922. The minimum Gasteiger partial charge on any atom is -0.493 e. The molecule has 108 valence electrons.